The van der Waals surface area contributed by atoms with Crippen LogP contribution in [0.15, 0.2) is 0 Å². The fourth-order valence-electron chi connectivity index (χ4n) is 1.27. The van der Waals surface area contributed by atoms with Crippen molar-refractivity contribution in [1.82, 2.24) is 5.32 Å². The first-order chi connectivity index (χ1) is 7.25. The number of rotatable bonds is 6. The fraction of sp³-hybridized carbons (Fsp3) is 0.833. The van der Waals surface area contributed by atoms with Gasteiger partial charge in [0, 0.05) is 6.42 Å². The molecule has 4 heteroatoms. The highest BCUT2D eigenvalue weighted by Crippen LogP contribution is 2.14. The maximum Gasteiger partial charge on any atom is 0.326 e. The van der Waals surface area contributed by atoms with Crippen LogP contribution in [-0.2, 0) is 9.59 Å². The van der Waals surface area contributed by atoms with Gasteiger partial charge in [0.25, 0.3) is 0 Å². The van der Waals surface area contributed by atoms with E-state index in [4.69, 9.17) is 5.11 Å². The number of carbonyl (C=O) groups excluding carboxylic acids is 1. The number of aliphatic carboxylic acids is 1. The number of carboxylic acid groups (broad SMARTS) is 1. The molecule has 4 nitrogen and oxygen atoms in total. The molecule has 0 saturated heterocycles. The van der Waals surface area contributed by atoms with Crippen molar-refractivity contribution in [1.29, 1.82) is 0 Å². The summed E-state index contributed by atoms with van der Waals surface area (Å²) in [4.78, 5) is 22.5. The molecule has 0 aromatic rings. The molecule has 2 atom stereocenters. The van der Waals surface area contributed by atoms with Crippen LogP contribution in [0.3, 0.4) is 0 Å². The minimum atomic E-state index is -0.972. The van der Waals surface area contributed by atoms with Crippen molar-refractivity contribution in [3.05, 3.63) is 0 Å². The van der Waals surface area contributed by atoms with Crippen molar-refractivity contribution >= 4 is 11.9 Å². The lowest BCUT2D eigenvalue weighted by atomic mass is 9.94. The lowest BCUT2D eigenvalue weighted by Crippen LogP contribution is -2.44. The molecule has 0 aliphatic heterocycles. The molecule has 16 heavy (non-hydrogen) atoms. The molecule has 0 aliphatic rings. The minimum absolute atomic E-state index is 0.101. The van der Waals surface area contributed by atoms with Gasteiger partial charge < -0.3 is 10.4 Å². The summed E-state index contributed by atoms with van der Waals surface area (Å²) in [6.45, 7) is 9.66. The van der Waals surface area contributed by atoms with Gasteiger partial charge in [-0.05, 0) is 17.8 Å². The summed E-state index contributed by atoms with van der Waals surface area (Å²) in [5.41, 5.74) is 0. The van der Waals surface area contributed by atoms with Crippen LogP contribution in [0.5, 0.6) is 0 Å². The lowest BCUT2D eigenvalue weighted by molar-refractivity contribution is -0.143. The normalized spacial score (nSPS) is 14.9. The average molecular weight is 229 g/mol. The van der Waals surface area contributed by atoms with Gasteiger partial charge in [-0.15, -0.1) is 0 Å². The Morgan fingerprint density at radius 1 is 1.06 bits per heavy atom. The van der Waals surface area contributed by atoms with E-state index < -0.39 is 12.0 Å². The largest absolute Gasteiger partial charge is 0.480 e. The van der Waals surface area contributed by atoms with Gasteiger partial charge in [-0.2, -0.15) is 0 Å². The van der Waals surface area contributed by atoms with Gasteiger partial charge in [-0.1, -0.05) is 34.6 Å². The van der Waals surface area contributed by atoms with Gasteiger partial charge in [-0.3, -0.25) is 4.79 Å². The second-order valence-corrected chi connectivity index (χ2v) is 5.05. The summed E-state index contributed by atoms with van der Waals surface area (Å²) in [6, 6.07) is -0.785. The van der Waals surface area contributed by atoms with Crippen LogP contribution in [0.2, 0.25) is 0 Å². The Hall–Kier alpha value is -1.06. The van der Waals surface area contributed by atoms with Gasteiger partial charge in [0.2, 0.25) is 5.91 Å². The minimum Gasteiger partial charge on any atom is -0.480 e. The zero-order valence-electron chi connectivity index (χ0n) is 10.8. The molecule has 0 aliphatic carbocycles. The van der Waals surface area contributed by atoms with Crippen LogP contribution in [0.25, 0.3) is 0 Å². The second kappa shape index (κ2) is 6.51. The van der Waals surface area contributed by atoms with E-state index in [1.54, 1.807) is 13.8 Å². The number of carboxylic acids is 1. The van der Waals surface area contributed by atoms with Crippen molar-refractivity contribution in [2.24, 2.45) is 17.8 Å². The van der Waals surface area contributed by atoms with Gasteiger partial charge in [0.15, 0.2) is 0 Å². The van der Waals surface area contributed by atoms with E-state index >= 15 is 0 Å². The van der Waals surface area contributed by atoms with E-state index in [9.17, 15) is 9.59 Å². The molecule has 2 N–H and O–H groups in total. The summed E-state index contributed by atoms with van der Waals surface area (Å²) >= 11 is 0. The zero-order chi connectivity index (χ0) is 12.9. The summed E-state index contributed by atoms with van der Waals surface area (Å²) < 4.78 is 0. The number of hydrogen-bond acceptors (Lipinski definition) is 2. The molecule has 0 radical (unpaired) electrons. The monoisotopic (exact) mass is 229 g/mol. The molecular weight excluding hydrogens is 206 g/mol. The fourth-order valence-corrected chi connectivity index (χ4v) is 1.27. The maximum atomic E-state index is 11.6. The highest BCUT2D eigenvalue weighted by molar-refractivity contribution is 5.83. The topological polar surface area (TPSA) is 66.4 Å². The van der Waals surface area contributed by atoms with E-state index in [-0.39, 0.29) is 17.7 Å². The standard InChI is InChI=1S/C12H23NO3/c1-7(2)9(5)6-10(14)13-11(8(3)4)12(15)16/h7-9,11H,6H2,1-5H3,(H,13,14)(H,15,16)/t9?,11-/m0/s1. The van der Waals surface area contributed by atoms with Crippen LogP contribution in [0.1, 0.15) is 41.0 Å². The second-order valence-electron chi connectivity index (χ2n) is 5.05. The molecule has 0 aromatic carbocycles. The molecule has 94 valence electrons. The highest BCUT2D eigenvalue weighted by atomic mass is 16.4. The van der Waals surface area contributed by atoms with Crippen molar-refractivity contribution < 1.29 is 14.7 Å². The Morgan fingerprint density at radius 2 is 1.56 bits per heavy atom. The van der Waals surface area contributed by atoms with Crippen LogP contribution in [0, 0.1) is 17.8 Å². The van der Waals surface area contributed by atoms with E-state index in [0.29, 0.717) is 12.3 Å². The molecule has 0 aromatic heterocycles. The zero-order valence-corrected chi connectivity index (χ0v) is 10.8. The first-order valence-corrected chi connectivity index (χ1v) is 5.77. The summed E-state index contributed by atoms with van der Waals surface area (Å²) in [6.07, 6.45) is 0.383. The Labute approximate surface area is 97.4 Å². The van der Waals surface area contributed by atoms with Gasteiger partial charge in [0.1, 0.15) is 6.04 Å². The number of carbonyl (C=O) groups is 2. The lowest BCUT2D eigenvalue weighted by Gasteiger charge is -2.20. The number of hydrogen-bond donors (Lipinski definition) is 2. The number of amides is 1. The summed E-state index contributed by atoms with van der Waals surface area (Å²) in [5.74, 6) is -0.562. The third-order valence-electron chi connectivity index (χ3n) is 2.89. The maximum absolute atomic E-state index is 11.6. The van der Waals surface area contributed by atoms with Gasteiger partial charge in [-0.25, -0.2) is 4.79 Å². The van der Waals surface area contributed by atoms with Crippen molar-refractivity contribution in [2.45, 2.75) is 47.1 Å². The van der Waals surface area contributed by atoms with Crippen LogP contribution >= 0.6 is 0 Å². The van der Waals surface area contributed by atoms with Crippen molar-refractivity contribution in [2.75, 3.05) is 0 Å². The van der Waals surface area contributed by atoms with E-state index in [2.05, 4.69) is 19.2 Å². The van der Waals surface area contributed by atoms with E-state index in [1.165, 1.54) is 0 Å². The van der Waals surface area contributed by atoms with Crippen LogP contribution in [-0.4, -0.2) is 23.0 Å². The Morgan fingerprint density at radius 3 is 1.88 bits per heavy atom. The predicted molar refractivity (Wildman–Crippen MR) is 63.0 cm³/mol. The molecule has 0 spiro atoms. The average Bonchev–Trinajstić information content (AvgIpc) is 2.12. The Bertz CT molecular complexity index is 249. The smallest absolute Gasteiger partial charge is 0.326 e. The van der Waals surface area contributed by atoms with E-state index in [0.717, 1.165) is 0 Å². The SMILES string of the molecule is CC(C)C(C)CC(=O)N[C@H](C(=O)O)C(C)C. The van der Waals surface area contributed by atoms with E-state index in [1.807, 2.05) is 6.92 Å². The molecule has 0 saturated carbocycles. The van der Waals surface area contributed by atoms with Crippen molar-refractivity contribution in [3.8, 4) is 0 Å². The molecule has 1 amide bonds. The Kier molecular flexibility index (Phi) is 6.08. The summed E-state index contributed by atoms with van der Waals surface area (Å²) in [5, 5.41) is 11.5. The molecule has 0 fully saturated rings. The predicted octanol–water partition coefficient (Wildman–Crippen LogP) is 1.89. The Balaban J connectivity index is 4.26. The van der Waals surface area contributed by atoms with Gasteiger partial charge in [0.05, 0.1) is 0 Å². The van der Waals surface area contributed by atoms with Gasteiger partial charge >= 0.3 is 5.97 Å². The van der Waals surface area contributed by atoms with Crippen LogP contribution in [0.4, 0.5) is 0 Å². The molecule has 0 heterocycles. The third-order valence-corrected chi connectivity index (χ3v) is 2.89. The van der Waals surface area contributed by atoms with Crippen LogP contribution < -0.4 is 5.32 Å². The third kappa shape index (κ3) is 5.14. The first-order valence-electron chi connectivity index (χ1n) is 5.77. The van der Waals surface area contributed by atoms with Crippen molar-refractivity contribution in [3.63, 3.8) is 0 Å². The molecule has 0 bridgehead atoms. The quantitative estimate of drug-likeness (QED) is 0.731. The molecule has 1 unspecified atom stereocenters. The first kappa shape index (κ1) is 14.9. The number of nitrogens with one attached hydrogen (secondary N) is 1. The molecular formula is C12H23NO3. The summed E-state index contributed by atoms with van der Waals surface area (Å²) in [7, 11) is 0. The highest BCUT2D eigenvalue weighted by Gasteiger charge is 2.24. The molecule has 0 rings (SSSR count).